The van der Waals surface area contributed by atoms with Gasteiger partial charge in [-0.3, -0.25) is 14.6 Å². The summed E-state index contributed by atoms with van der Waals surface area (Å²) in [5, 5.41) is 14.7. The van der Waals surface area contributed by atoms with Gasteiger partial charge in [0.25, 0.3) is 5.91 Å². The molecule has 0 atom stereocenters. The maximum Gasteiger partial charge on any atom is 0.286 e. The average Bonchev–Trinajstić information content (AvgIpc) is 3.17. The molecular formula is C19H19N5O2S. The Balaban J connectivity index is 1.40. The van der Waals surface area contributed by atoms with Gasteiger partial charge in [-0.05, 0) is 30.2 Å². The van der Waals surface area contributed by atoms with E-state index in [9.17, 15) is 9.59 Å². The van der Waals surface area contributed by atoms with E-state index in [0.717, 1.165) is 10.6 Å². The number of hydrogen-bond donors (Lipinski definition) is 2. The Hall–Kier alpha value is -3.13. The third kappa shape index (κ3) is 5.96. The second-order valence-electron chi connectivity index (χ2n) is 5.81. The van der Waals surface area contributed by atoms with Gasteiger partial charge >= 0.3 is 0 Å². The SMILES string of the molecule is O=C(CCCc1nnc(C(=O)Nc2ccccc2)s1)NCc1cccnc1. The Labute approximate surface area is 160 Å². The van der Waals surface area contributed by atoms with Crippen LogP contribution in [-0.4, -0.2) is 27.0 Å². The molecule has 27 heavy (non-hydrogen) atoms. The van der Waals surface area contributed by atoms with Crippen molar-refractivity contribution in [1.29, 1.82) is 0 Å². The maximum atomic E-state index is 12.2. The van der Waals surface area contributed by atoms with Crippen LogP contribution in [0, 0.1) is 0 Å². The number of nitrogens with zero attached hydrogens (tertiary/aromatic N) is 3. The van der Waals surface area contributed by atoms with E-state index >= 15 is 0 Å². The van der Waals surface area contributed by atoms with Gasteiger partial charge in [0, 0.05) is 37.5 Å². The Morgan fingerprint density at radius 3 is 2.67 bits per heavy atom. The van der Waals surface area contributed by atoms with Gasteiger partial charge in [0.15, 0.2) is 0 Å². The van der Waals surface area contributed by atoms with Crippen molar-refractivity contribution >= 4 is 28.8 Å². The molecule has 8 heteroatoms. The summed E-state index contributed by atoms with van der Waals surface area (Å²) in [6.07, 6.45) is 5.07. The lowest BCUT2D eigenvalue weighted by atomic mass is 10.2. The fourth-order valence-corrected chi connectivity index (χ4v) is 3.12. The number of hydrogen-bond acceptors (Lipinski definition) is 6. The first kappa shape index (κ1) is 18.7. The van der Waals surface area contributed by atoms with Gasteiger partial charge in [0.05, 0.1) is 0 Å². The maximum absolute atomic E-state index is 12.2. The Kier molecular flexibility index (Phi) is 6.59. The lowest BCUT2D eigenvalue weighted by Gasteiger charge is -2.04. The van der Waals surface area contributed by atoms with Gasteiger partial charge < -0.3 is 10.6 Å². The van der Waals surface area contributed by atoms with Crippen molar-refractivity contribution in [3.63, 3.8) is 0 Å². The van der Waals surface area contributed by atoms with E-state index in [2.05, 4.69) is 25.8 Å². The summed E-state index contributed by atoms with van der Waals surface area (Å²) in [5.74, 6) is -0.301. The zero-order chi connectivity index (χ0) is 18.9. The third-order valence-electron chi connectivity index (χ3n) is 3.70. The lowest BCUT2D eigenvalue weighted by molar-refractivity contribution is -0.121. The van der Waals surface area contributed by atoms with Gasteiger partial charge in [-0.15, -0.1) is 10.2 Å². The predicted molar refractivity (Wildman–Crippen MR) is 103 cm³/mol. The average molecular weight is 381 g/mol. The molecule has 0 saturated carbocycles. The van der Waals surface area contributed by atoms with Crippen LogP contribution in [0.3, 0.4) is 0 Å². The van der Waals surface area contributed by atoms with Crippen LogP contribution in [-0.2, 0) is 17.8 Å². The molecule has 1 aromatic carbocycles. The molecule has 0 aliphatic rings. The highest BCUT2D eigenvalue weighted by molar-refractivity contribution is 7.13. The topological polar surface area (TPSA) is 96.9 Å². The minimum absolute atomic E-state index is 0.0228. The quantitative estimate of drug-likeness (QED) is 0.625. The summed E-state index contributed by atoms with van der Waals surface area (Å²) in [6, 6.07) is 12.9. The number of pyridine rings is 1. The number of rotatable bonds is 8. The first-order valence-corrected chi connectivity index (χ1v) is 9.37. The van der Waals surface area contributed by atoms with Gasteiger partial charge in [0.1, 0.15) is 5.01 Å². The summed E-state index contributed by atoms with van der Waals surface area (Å²) in [4.78, 5) is 28.1. The van der Waals surface area contributed by atoms with Crippen molar-refractivity contribution in [2.24, 2.45) is 0 Å². The van der Waals surface area contributed by atoms with E-state index < -0.39 is 0 Å². The highest BCUT2D eigenvalue weighted by Gasteiger charge is 2.13. The summed E-state index contributed by atoms with van der Waals surface area (Å²) in [7, 11) is 0. The summed E-state index contributed by atoms with van der Waals surface area (Å²) >= 11 is 1.25. The van der Waals surface area contributed by atoms with Crippen LogP contribution in [0.15, 0.2) is 54.9 Å². The molecule has 2 amide bonds. The van der Waals surface area contributed by atoms with Crippen LogP contribution >= 0.6 is 11.3 Å². The van der Waals surface area contributed by atoms with E-state index in [1.807, 2.05) is 42.5 Å². The molecule has 3 aromatic rings. The van der Waals surface area contributed by atoms with Crippen LogP contribution in [0.2, 0.25) is 0 Å². The number of carbonyl (C=O) groups excluding carboxylic acids is 2. The molecule has 3 rings (SSSR count). The van der Waals surface area contributed by atoms with E-state index in [1.165, 1.54) is 11.3 Å². The van der Waals surface area contributed by atoms with Crippen molar-refractivity contribution in [3.8, 4) is 0 Å². The molecule has 2 aromatic heterocycles. The number of amides is 2. The number of anilines is 1. The molecule has 0 fully saturated rings. The second-order valence-corrected chi connectivity index (χ2v) is 6.87. The molecule has 138 valence electrons. The number of aromatic nitrogens is 3. The highest BCUT2D eigenvalue weighted by atomic mass is 32.1. The van der Waals surface area contributed by atoms with Gasteiger partial charge in [-0.2, -0.15) is 0 Å². The van der Waals surface area contributed by atoms with Crippen LogP contribution in [0.1, 0.15) is 33.2 Å². The molecule has 7 nitrogen and oxygen atoms in total. The third-order valence-corrected chi connectivity index (χ3v) is 4.68. The number of aryl methyl sites for hydroxylation is 1. The van der Waals surface area contributed by atoms with E-state index in [1.54, 1.807) is 12.4 Å². The molecule has 0 aliphatic heterocycles. The van der Waals surface area contributed by atoms with Gasteiger partial charge in [0.2, 0.25) is 10.9 Å². The number of carbonyl (C=O) groups is 2. The first-order chi connectivity index (χ1) is 13.2. The summed E-state index contributed by atoms with van der Waals surface area (Å²) in [6.45, 7) is 0.468. The highest BCUT2D eigenvalue weighted by Crippen LogP contribution is 2.15. The summed E-state index contributed by atoms with van der Waals surface area (Å²) < 4.78 is 0. The zero-order valence-corrected chi connectivity index (χ0v) is 15.4. The van der Waals surface area contributed by atoms with Crippen molar-refractivity contribution < 1.29 is 9.59 Å². The van der Waals surface area contributed by atoms with Crippen molar-refractivity contribution in [1.82, 2.24) is 20.5 Å². The largest absolute Gasteiger partial charge is 0.352 e. The fraction of sp³-hybridized carbons (Fsp3) is 0.211. The number of para-hydroxylation sites is 1. The molecule has 0 spiro atoms. The zero-order valence-electron chi connectivity index (χ0n) is 14.6. The first-order valence-electron chi connectivity index (χ1n) is 8.55. The fourth-order valence-electron chi connectivity index (χ4n) is 2.34. The van der Waals surface area contributed by atoms with Crippen LogP contribution < -0.4 is 10.6 Å². The van der Waals surface area contributed by atoms with Crippen molar-refractivity contribution in [2.75, 3.05) is 5.32 Å². The van der Waals surface area contributed by atoms with Crippen LogP contribution in [0.5, 0.6) is 0 Å². The molecule has 0 aliphatic carbocycles. The number of benzene rings is 1. The second kappa shape index (κ2) is 9.54. The van der Waals surface area contributed by atoms with Crippen molar-refractivity contribution in [2.45, 2.75) is 25.8 Å². The predicted octanol–water partition coefficient (Wildman–Crippen LogP) is 2.82. The molecule has 0 unspecified atom stereocenters. The molecule has 0 saturated heterocycles. The monoisotopic (exact) mass is 381 g/mol. The molecule has 0 radical (unpaired) electrons. The smallest absolute Gasteiger partial charge is 0.286 e. The minimum Gasteiger partial charge on any atom is -0.352 e. The number of nitrogens with one attached hydrogen (secondary N) is 2. The van der Waals surface area contributed by atoms with Gasteiger partial charge in [-0.1, -0.05) is 35.6 Å². The van der Waals surface area contributed by atoms with E-state index in [-0.39, 0.29) is 11.8 Å². The molecule has 2 N–H and O–H groups in total. The minimum atomic E-state index is -0.279. The van der Waals surface area contributed by atoms with E-state index in [0.29, 0.717) is 36.5 Å². The standard InChI is InChI=1S/C19H19N5O2S/c25-16(21-13-14-6-5-11-20-12-14)9-4-10-17-23-24-19(27-17)18(26)22-15-7-2-1-3-8-15/h1-3,5-8,11-12H,4,9-10,13H2,(H,21,25)(H,22,26). The Morgan fingerprint density at radius 2 is 1.89 bits per heavy atom. The van der Waals surface area contributed by atoms with Crippen LogP contribution in [0.4, 0.5) is 5.69 Å². The van der Waals surface area contributed by atoms with Gasteiger partial charge in [-0.25, -0.2) is 0 Å². The summed E-state index contributed by atoms with van der Waals surface area (Å²) in [5.41, 5.74) is 1.67. The van der Waals surface area contributed by atoms with Crippen molar-refractivity contribution in [3.05, 3.63) is 70.4 Å². The van der Waals surface area contributed by atoms with Crippen LogP contribution in [0.25, 0.3) is 0 Å². The lowest BCUT2D eigenvalue weighted by Crippen LogP contribution is -2.22. The normalized spacial score (nSPS) is 10.4. The Bertz CT molecular complexity index is 883. The molecule has 2 heterocycles. The molecular weight excluding hydrogens is 362 g/mol. The Morgan fingerprint density at radius 1 is 1.04 bits per heavy atom. The molecule has 0 bridgehead atoms. The van der Waals surface area contributed by atoms with E-state index in [4.69, 9.17) is 0 Å².